The van der Waals surface area contributed by atoms with E-state index in [1.165, 1.54) is 17.4 Å². The van der Waals surface area contributed by atoms with Gasteiger partial charge in [0.1, 0.15) is 11.5 Å². The fraction of sp³-hybridized carbons (Fsp3) is 0.167. The van der Waals surface area contributed by atoms with Crippen molar-refractivity contribution in [2.75, 3.05) is 5.73 Å². The molecule has 0 atom stereocenters. The molecule has 0 aliphatic rings. The molecule has 1 heterocycles. The van der Waals surface area contributed by atoms with Gasteiger partial charge in [0.05, 0.1) is 0 Å². The zero-order valence-electron chi connectivity index (χ0n) is 9.74. The van der Waals surface area contributed by atoms with Gasteiger partial charge in [0, 0.05) is 11.9 Å². The van der Waals surface area contributed by atoms with Crippen molar-refractivity contribution in [3.63, 3.8) is 0 Å². The van der Waals surface area contributed by atoms with E-state index in [4.69, 9.17) is 5.73 Å². The maximum Gasteiger partial charge on any atom is 0.271 e. The summed E-state index contributed by atoms with van der Waals surface area (Å²) in [6.45, 7) is 1.95. The van der Waals surface area contributed by atoms with Crippen LogP contribution in [0.3, 0.4) is 0 Å². The molecule has 0 bridgehead atoms. The molecular formula is C12H12FN3OS. The lowest BCUT2D eigenvalue weighted by atomic mass is 10.1. The molecule has 0 spiro atoms. The Balaban J connectivity index is 1.99. The molecule has 2 rings (SSSR count). The van der Waals surface area contributed by atoms with Crippen molar-refractivity contribution in [2.45, 2.75) is 13.5 Å². The number of benzene rings is 1. The minimum absolute atomic E-state index is 0.257. The first-order valence-corrected chi connectivity index (χ1v) is 6.18. The lowest BCUT2D eigenvalue weighted by Gasteiger charge is -2.04. The third kappa shape index (κ3) is 2.84. The molecular weight excluding hydrogens is 253 g/mol. The second kappa shape index (κ2) is 5.14. The Morgan fingerprint density at radius 2 is 2.33 bits per heavy atom. The number of halogens is 1. The van der Waals surface area contributed by atoms with E-state index in [9.17, 15) is 9.18 Å². The number of nitrogens with zero attached hydrogens (tertiary/aromatic N) is 1. The predicted molar refractivity (Wildman–Crippen MR) is 68.8 cm³/mol. The lowest BCUT2D eigenvalue weighted by molar-refractivity contribution is 0.0946. The van der Waals surface area contributed by atoms with Gasteiger partial charge in [-0.05, 0) is 24.1 Å². The van der Waals surface area contributed by atoms with E-state index < -0.39 is 0 Å². The molecule has 1 amide bonds. The Morgan fingerprint density at radius 3 is 2.94 bits per heavy atom. The highest BCUT2D eigenvalue weighted by Gasteiger charge is 2.09. The van der Waals surface area contributed by atoms with Crippen LogP contribution >= 0.6 is 11.3 Å². The molecule has 0 unspecified atom stereocenters. The van der Waals surface area contributed by atoms with E-state index in [2.05, 4.69) is 10.3 Å². The normalized spacial score (nSPS) is 10.3. The molecule has 0 saturated heterocycles. The number of nitrogens with one attached hydrogen (secondary N) is 1. The average Bonchev–Trinajstić information content (AvgIpc) is 2.77. The van der Waals surface area contributed by atoms with Crippen LogP contribution in [0, 0.1) is 12.7 Å². The van der Waals surface area contributed by atoms with E-state index in [1.807, 2.05) is 0 Å². The Morgan fingerprint density at radius 1 is 1.56 bits per heavy atom. The number of carbonyl (C=O) groups is 1. The molecule has 1 aromatic carbocycles. The summed E-state index contributed by atoms with van der Waals surface area (Å²) in [6.07, 6.45) is 0. The number of carbonyl (C=O) groups excluding carboxylic acids is 1. The van der Waals surface area contributed by atoms with Gasteiger partial charge in [0.15, 0.2) is 5.13 Å². The van der Waals surface area contributed by atoms with Crippen molar-refractivity contribution < 1.29 is 9.18 Å². The topological polar surface area (TPSA) is 68.0 Å². The second-order valence-electron chi connectivity index (χ2n) is 3.84. The molecule has 6 heteroatoms. The highest BCUT2D eigenvalue weighted by atomic mass is 32.1. The van der Waals surface area contributed by atoms with Gasteiger partial charge in [0.25, 0.3) is 5.91 Å². The van der Waals surface area contributed by atoms with Gasteiger partial charge in [-0.1, -0.05) is 12.1 Å². The molecule has 1 aromatic heterocycles. The Bertz CT molecular complexity index is 582. The zero-order chi connectivity index (χ0) is 13.1. The van der Waals surface area contributed by atoms with Crippen LogP contribution in [0.5, 0.6) is 0 Å². The third-order valence-corrected chi connectivity index (χ3v) is 3.12. The van der Waals surface area contributed by atoms with Crippen LogP contribution in [0.2, 0.25) is 0 Å². The van der Waals surface area contributed by atoms with Gasteiger partial charge in [-0.15, -0.1) is 11.3 Å². The van der Waals surface area contributed by atoms with E-state index in [0.29, 0.717) is 16.3 Å². The van der Waals surface area contributed by atoms with Gasteiger partial charge in [-0.2, -0.15) is 0 Å². The number of anilines is 1. The fourth-order valence-corrected chi connectivity index (χ4v) is 1.95. The van der Waals surface area contributed by atoms with Crippen molar-refractivity contribution >= 4 is 22.4 Å². The average molecular weight is 265 g/mol. The van der Waals surface area contributed by atoms with Crippen molar-refractivity contribution in [2.24, 2.45) is 0 Å². The largest absolute Gasteiger partial charge is 0.375 e. The van der Waals surface area contributed by atoms with Gasteiger partial charge in [0.2, 0.25) is 0 Å². The molecule has 0 saturated carbocycles. The summed E-state index contributed by atoms with van der Waals surface area (Å²) in [7, 11) is 0. The zero-order valence-corrected chi connectivity index (χ0v) is 10.6. The van der Waals surface area contributed by atoms with Gasteiger partial charge >= 0.3 is 0 Å². The first-order chi connectivity index (χ1) is 8.56. The maximum atomic E-state index is 13.3. The molecule has 0 aliphatic carbocycles. The number of aromatic nitrogens is 1. The number of nitrogen functional groups attached to an aromatic ring is 1. The first kappa shape index (κ1) is 12.5. The minimum Gasteiger partial charge on any atom is -0.375 e. The highest BCUT2D eigenvalue weighted by Crippen LogP contribution is 2.12. The van der Waals surface area contributed by atoms with Crippen molar-refractivity contribution in [1.82, 2.24) is 10.3 Å². The Labute approximate surface area is 108 Å². The predicted octanol–water partition coefficient (Wildman–Crippen LogP) is 2.10. The van der Waals surface area contributed by atoms with Gasteiger partial charge in [-0.25, -0.2) is 9.37 Å². The number of aryl methyl sites for hydroxylation is 1. The fourth-order valence-electron chi connectivity index (χ4n) is 1.41. The molecule has 2 aromatic rings. The SMILES string of the molecule is Cc1ccc(CNC(=O)c2csc(N)n2)cc1F. The van der Waals surface area contributed by atoms with Crippen molar-refractivity contribution in [3.05, 3.63) is 46.2 Å². The maximum absolute atomic E-state index is 13.3. The number of nitrogens with two attached hydrogens (primary N) is 1. The van der Waals surface area contributed by atoms with Crippen LogP contribution in [-0.4, -0.2) is 10.9 Å². The monoisotopic (exact) mass is 265 g/mol. The summed E-state index contributed by atoms with van der Waals surface area (Å²) in [4.78, 5) is 15.5. The van der Waals surface area contributed by atoms with E-state index in [-0.39, 0.29) is 24.0 Å². The van der Waals surface area contributed by atoms with Crippen LogP contribution < -0.4 is 11.1 Å². The van der Waals surface area contributed by atoms with Crippen molar-refractivity contribution in [3.8, 4) is 0 Å². The summed E-state index contributed by atoms with van der Waals surface area (Å²) in [5.41, 5.74) is 7.00. The molecule has 0 radical (unpaired) electrons. The smallest absolute Gasteiger partial charge is 0.271 e. The summed E-state index contributed by atoms with van der Waals surface area (Å²) < 4.78 is 13.3. The highest BCUT2D eigenvalue weighted by molar-refractivity contribution is 7.13. The molecule has 18 heavy (non-hydrogen) atoms. The molecule has 0 fully saturated rings. The quantitative estimate of drug-likeness (QED) is 0.893. The van der Waals surface area contributed by atoms with Crippen molar-refractivity contribution in [1.29, 1.82) is 0 Å². The van der Waals surface area contributed by atoms with Crippen LogP contribution in [0.25, 0.3) is 0 Å². The number of amides is 1. The third-order valence-electron chi connectivity index (χ3n) is 2.44. The number of hydrogen-bond acceptors (Lipinski definition) is 4. The standard InChI is InChI=1S/C12H12FN3OS/c1-7-2-3-8(4-9(7)13)5-15-11(17)10-6-18-12(14)16-10/h2-4,6H,5H2,1H3,(H2,14,16)(H,15,17). The second-order valence-corrected chi connectivity index (χ2v) is 4.73. The summed E-state index contributed by atoms with van der Waals surface area (Å²) >= 11 is 1.20. The number of thiazole rings is 1. The summed E-state index contributed by atoms with van der Waals surface area (Å²) in [5, 5.41) is 4.59. The Hall–Kier alpha value is -1.95. The molecule has 94 valence electrons. The number of hydrogen-bond donors (Lipinski definition) is 2. The first-order valence-electron chi connectivity index (χ1n) is 5.30. The van der Waals surface area contributed by atoms with Crippen LogP contribution in [0.1, 0.15) is 21.6 Å². The molecule has 4 nitrogen and oxygen atoms in total. The van der Waals surface area contributed by atoms with Crippen LogP contribution in [-0.2, 0) is 6.54 Å². The van der Waals surface area contributed by atoms with E-state index in [1.54, 1.807) is 24.4 Å². The summed E-state index contributed by atoms with van der Waals surface area (Å²) in [6, 6.07) is 4.86. The Kier molecular flexibility index (Phi) is 3.57. The summed E-state index contributed by atoms with van der Waals surface area (Å²) in [5.74, 6) is -0.594. The van der Waals surface area contributed by atoms with E-state index >= 15 is 0 Å². The van der Waals surface area contributed by atoms with E-state index in [0.717, 1.165) is 0 Å². The molecule has 0 aliphatic heterocycles. The lowest BCUT2D eigenvalue weighted by Crippen LogP contribution is -2.23. The van der Waals surface area contributed by atoms with Gasteiger partial charge < -0.3 is 11.1 Å². The van der Waals surface area contributed by atoms with Crippen LogP contribution in [0.4, 0.5) is 9.52 Å². The van der Waals surface area contributed by atoms with Gasteiger partial charge in [-0.3, -0.25) is 4.79 Å². The number of rotatable bonds is 3. The minimum atomic E-state index is -0.316. The molecule has 3 N–H and O–H groups in total. The van der Waals surface area contributed by atoms with Crippen LogP contribution in [0.15, 0.2) is 23.6 Å².